The number of rotatable bonds is 5. The molecule has 0 heterocycles. The van der Waals surface area contributed by atoms with Crippen LogP contribution in [0.3, 0.4) is 0 Å². The molecular weight excluding hydrogens is 299 g/mol. The minimum Gasteiger partial charge on any atom is -0.433 e. The Morgan fingerprint density at radius 2 is 2.11 bits per heavy atom. The molecule has 0 unspecified atom stereocenters. The first-order chi connectivity index (χ1) is 8.76. The van der Waals surface area contributed by atoms with Crippen molar-refractivity contribution in [3.05, 3.63) is 23.2 Å². The van der Waals surface area contributed by atoms with Crippen LogP contribution in [0.1, 0.15) is 13.8 Å². The van der Waals surface area contributed by atoms with Gasteiger partial charge in [0.1, 0.15) is 5.75 Å². The Bertz CT molecular complexity index is 467. The Morgan fingerprint density at radius 1 is 1.47 bits per heavy atom. The van der Waals surface area contributed by atoms with Gasteiger partial charge in [0, 0.05) is 11.6 Å². The highest BCUT2D eigenvalue weighted by Crippen LogP contribution is 2.29. The lowest BCUT2D eigenvalue weighted by molar-refractivity contribution is -0.122. The van der Waals surface area contributed by atoms with Gasteiger partial charge in [-0.1, -0.05) is 11.6 Å². The maximum absolute atomic E-state index is 12.0. The highest BCUT2D eigenvalue weighted by atomic mass is 35.5. The predicted octanol–water partition coefficient (Wildman–Crippen LogP) is 4.14. The van der Waals surface area contributed by atoms with Gasteiger partial charge in [0.05, 0.1) is 10.4 Å². The number of nitrogens with one attached hydrogen (secondary N) is 1. The van der Waals surface area contributed by atoms with E-state index in [1.165, 1.54) is 18.2 Å². The largest absolute Gasteiger partial charge is 0.433 e. The van der Waals surface area contributed by atoms with Crippen LogP contribution in [-0.2, 0) is 4.79 Å². The van der Waals surface area contributed by atoms with Gasteiger partial charge in [-0.25, -0.2) is 0 Å². The molecule has 0 aliphatic heterocycles. The molecule has 0 bridgehead atoms. The van der Waals surface area contributed by atoms with Crippen molar-refractivity contribution in [1.29, 1.82) is 0 Å². The Balaban J connectivity index is 2.82. The number of carbonyl (C=O) groups excluding carboxylic acids is 1. The molecule has 3 nitrogen and oxygen atoms in total. The summed E-state index contributed by atoms with van der Waals surface area (Å²) in [6.45, 7) is 0.421. The minimum absolute atomic E-state index is 0.0122. The fraction of sp³-hybridized carbons (Fsp3) is 0.417. The van der Waals surface area contributed by atoms with Gasteiger partial charge in [0.2, 0.25) is 5.91 Å². The monoisotopic (exact) mass is 311 g/mol. The molecule has 1 aromatic carbocycles. The quantitative estimate of drug-likeness (QED) is 0.830. The summed E-state index contributed by atoms with van der Waals surface area (Å²) in [5.74, 6) is -0.286. The number of hydrogen-bond acceptors (Lipinski definition) is 2. The van der Waals surface area contributed by atoms with Crippen molar-refractivity contribution in [2.45, 2.75) is 20.5 Å². The van der Waals surface area contributed by atoms with Crippen LogP contribution < -0.4 is 10.1 Å². The van der Waals surface area contributed by atoms with Crippen molar-refractivity contribution in [1.82, 2.24) is 0 Å². The van der Waals surface area contributed by atoms with Crippen LogP contribution in [0.25, 0.3) is 0 Å². The molecule has 7 heteroatoms. The van der Waals surface area contributed by atoms with Crippen LogP contribution in [0.5, 0.6) is 5.75 Å². The van der Waals surface area contributed by atoms with Crippen LogP contribution in [-0.4, -0.2) is 18.4 Å². The number of halogens is 4. The first-order valence-corrected chi connectivity index (χ1v) is 6.29. The second kappa shape index (κ2) is 6.39. The summed E-state index contributed by atoms with van der Waals surface area (Å²) < 4.78 is 28.3. The lowest BCUT2D eigenvalue weighted by Gasteiger charge is -2.20. The van der Waals surface area contributed by atoms with Crippen molar-refractivity contribution in [3.8, 4) is 5.75 Å². The zero-order chi connectivity index (χ0) is 14.6. The van der Waals surface area contributed by atoms with Gasteiger partial charge in [-0.15, -0.1) is 11.6 Å². The minimum atomic E-state index is -2.95. The molecule has 1 amide bonds. The van der Waals surface area contributed by atoms with E-state index in [2.05, 4.69) is 10.1 Å². The van der Waals surface area contributed by atoms with E-state index in [-0.39, 0.29) is 22.6 Å². The summed E-state index contributed by atoms with van der Waals surface area (Å²) in [4.78, 5) is 11.8. The highest BCUT2D eigenvalue weighted by molar-refractivity contribution is 6.32. The Kier molecular flexibility index (Phi) is 5.38. The number of ether oxygens (including phenoxy) is 1. The molecule has 19 heavy (non-hydrogen) atoms. The van der Waals surface area contributed by atoms with Crippen LogP contribution in [0.2, 0.25) is 5.02 Å². The number of alkyl halides is 3. The van der Waals surface area contributed by atoms with Crippen LogP contribution in [0.4, 0.5) is 14.5 Å². The van der Waals surface area contributed by atoms with E-state index >= 15 is 0 Å². The van der Waals surface area contributed by atoms with E-state index in [1.54, 1.807) is 13.8 Å². The molecule has 1 N–H and O–H groups in total. The van der Waals surface area contributed by atoms with Crippen LogP contribution in [0.15, 0.2) is 18.2 Å². The normalized spacial score (nSPS) is 11.5. The summed E-state index contributed by atoms with van der Waals surface area (Å²) in [5.41, 5.74) is -0.360. The third-order valence-corrected chi connectivity index (χ3v) is 3.32. The van der Waals surface area contributed by atoms with E-state index in [0.717, 1.165) is 0 Å². The van der Waals surface area contributed by atoms with Crippen molar-refractivity contribution in [2.24, 2.45) is 5.41 Å². The maximum Gasteiger partial charge on any atom is 0.387 e. The van der Waals surface area contributed by atoms with E-state index in [9.17, 15) is 13.6 Å². The number of carbonyl (C=O) groups is 1. The molecule has 0 saturated heterocycles. The van der Waals surface area contributed by atoms with Gasteiger partial charge in [0.25, 0.3) is 0 Å². The topological polar surface area (TPSA) is 38.3 Å². The van der Waals surface area contributed by atoms with Crippen LogP contribution >= 0.6 is 23.2 Å². The second-order valence-electron chi connectivity index (χ2n) is 4.50. The average Bonchev–Trinajstić information content (AvgIpc) is 2.32. The zero-order valence-corrected chi connectivity index (χ0v) is 11.9. The van der Waals surface area contributed by atoms with Gasteiger partial charge in [-0.2, -0.15) is 8.78 Å². The SMILES string of the molecule is CC(C)(CCl)C(=O)Nc1ccc(OC(F)F)c(Cl)c1. The van der Waals surface area contributed by atoms with Crippen molar-refractivity contribution >= 4 is 34.8 Å². The first-order valence-electron chi connectivity index (χ1n) is 5.38. The molecule has 0 saturated carbocycles. The lowest BCUT2D eigenvalue weighted by atomic mass is 9.95. The highest BCUT2D eigenvalue weighted by Gasteiger charge is 2.26. The van der Waals surface area contributed by atoms with Crippen molar-refractivity contribution in [2.75, 3.05) is 11.2 Å². The van der Waals surface area contributed by atoms with E-state index in [1.807, 2.05) is 0 Å². The molecule has 0 spiro atoms. The van der Waals surface area contributed by atoms with Gasteiger partial charge in [-0.05, 0) is 32.0 Å². The molecule has 1 aromatic rings. The fourth-order valence-electron chi connectivity index (χ4n) is 1.13. The summed E-state index contributed by atoms with van der Waals surface area (Å²) in [6.07, 6.45) is 0. The predicted molar refractivity (Wildman–Crippen MR) is 71.2 cm³/mol. The van der Waals surface area contributed by atoms with Crippen LogP contribution in [0, 0.1) is 5.41 Å². The van der Waals surface area contributed by atoms with E-state index < -0.39 is 12.0 Å². The summed E-state index contributed by atoms with van der Waals surface area (Å²) in [7, 11) is 0. The molecule has 106 valence electrons. The summed E-state index contributed by atoms with van der Waals surface area (Å²) in [6, 6.07) is 4.02. The molecule has 0 aliphatic carbocycles. The molecule has 1 rings (SSSR count). The van der Waals surface area contributed by atoms with Gasteiger partial charge >= 0.3 is 6.61 Å². The average molecular weight is 312 g/mol. The lowest BCUT2D eigenvalue weighted by Crippen LogP contribution is -2.32. The summed E-state index contributed by atoms with van der Waals surface area (Å²) in [5, 5.41) is 2.59. The standard InChI is InChI=1S/C12H13Cl2F2NO2/c1-12(2,6-13)10(18)17-7-3-4-9(8(14)5-7)19-11(15)16/h3-5,11H,6H2,1-2H3,(H,17,18). The van der Waals surface area contributed by atoms with Gasteiger partial charge in [-0.3, -0.25) is 4.79 Å². The Labute approximate surface area is 119 Å². The van der Waals surface area contributed by atoms with Crippen molar-refractivity contribution in [3.63, 3.8) is 0 Å². The number of benzene rings is 1. The number of hydrogen-bond donors (Lipinski definition) is 1. The molecular formula is C12H13Cl2F2NO2. The molecule has 0 fully saturated rings. The van der Waals surface area contributed by atoms with Gasteiger partial charge in [0.15, 0.2) is 0 Å². The smallest absolute Gasteiger partial charge is 0.387 e. The van der Waals surface area contributed by atoms with E-state index in [4.69, 9.17) is 23.2 Å². The number of amides is 1. The first kappa shape index (κ1) is 16.0. The molecule has 0 radical (unpaired) electrons. The number of anilines is 1. The summed E-state index contributed by atoms with van der Waals surface area (Å²) >= 11 is 11.4. The molecule has 0 aliphatic rings. The van der Waals surface area contributed by atoms with Gasteiger partial charge < -0.3 is 10.1 Å². The maximum atomic E-state index is 12.0. The third-order valence-electron chi connectivity index (χ3n) is 2.35. The zero-order valence-electron chi connectivity index (χ0n) is 10.3. The molecule has 0 aromatic heterocycles. The fourth-order valence-corrected chi connectivity index (χ4v) is 1.48. The molecule has 0 atom stereocenters. The third kappa shape index (κ3) is 4.51. The Hall–Kier alpha value is -1.07. The van der Waals surface area contributed by atoms with E-state index in [0.29, 0.717) is 5.69 Å². The van der Waals surface area contributed by atoms with Crippen molar-refractivity contribution < 1.29 is 18.3 Å². The second-order valence-corrected chi connectivity index (χ2v) is 5.17. The Morgan fingerprint density at radius 3 is 2.58 bits per heavy atom.